The number of aromatic nitrogens is 3. The van der Waals surface area contributed by atoms with Gasteiger partial charge in [0.25, 0.3) is 0 Å². The lowest BCUT2D eigenvalue weighted by molar-refractivity contribution is 0.753. The van der Waals surface area contributed by atoms with E-state index in [1.807, 2.05) is 11.9 Å². The molecule has 0 aliphatic heterocycles. The Balaban J connectivity index is 2.60. The molecule has 0 bridgehead atoms. The molecule has 0 atom stereocenters. The largest absolute Gasteiger partial charge is 0.358 e. The third-order valence-electron chi connectivity index (χ3n) is 1.76. The number of hydrogen-bond acceptors (Lipinski definition) is 4. The number of halogens is 1. The molecular formula is C8H13ClN4. The van der Waals surface area contributed by atoms with Gasteiger partial charge >= 0.3 is 0 Å². The van der Waals surface area contributed by atoms with E-state index >= 15 is 0 Å². The first-order chi connectivity index (χ1) is 6.24. The second-order valence-electron chi connectivity index (χ2n) is 2.86. The standard InChI is InChI=1S/C8H13ClN4/c1-3-4-5-13(2)7-6-10-12-8(9)11-7/h6H,3-5H2,1-2H3. The zero-order valence-electron chi connectivity index (χ0n) is 7.87. The van der Waals surface area contributed by atoms with Crippen LogP contribution in [0.3, 0.4) is 0 Å². The minimum atomic E-state index is 0.195. The molecule has 1 rings (SSSR count). The molecule has 0 unspecified atom stereocenters. The van der Waals surface area contributed by atoms with Crippen LogP contribution in [0.5, 0.6) is 0 Å². The van der Waals surface area contributed by atoms with Crippen LogP contribution in [0.2, 0.25) is 5.28 Å². The maximum absolute atomic E-state index is 5.61. The predicted octanol–water partition coefficient (Wildman–Crippen LogP) is 1.76. The van der Waals surface area contributed by atoms with Gasteiger partial charge in [-0.05, 0) is 18.0 Å². The molecule has 0 aromatic carbocycles. The Labute approximate surface area is 82.9 Å². The van der Waals surface area contributed by atoms with Crippen molar-refractivity contribution in [1.29, 1.82) is 0 Å². The Morgan fingerprint density at radius 1 is 1.54 bits per heavy atom. The fourth-order valence-corrected chi connectivity index (χ4v) is 1.10. The molecule has 13 heavy (non-hydrogen) atoms. The molecule has 1 heterocycles. The average Bonchev–Trinajstić information content (AvgIpc) is 2.14. The lowest BCUT2D eigenvalue weighted by atomic mass is 10.3. The summed E-state index contributed by atoms with van der Waals surface area (Å²) in [6.07, 6.45) is 3.91. The lowest BCUT2D eigenvalue weighted by Gasteiger charge is -2.16. The van der Waals surface area contributed by atoms with Gasteiger partial charge in [-0.3, -0.25) is 0 Å². The van der Waals surface area contributed by atoms with Gasteiger partial charge in [-0.2, -0.15) is 10.1 Å². The van der Waals surface area contributed by atoms with Crippen LogP contribution >= 0.6 is 11.6 Å². The van der Waals surface area contributed by atoms with Gasteiger partial charge in [0, 0.05) is 13.6 Å². The van der Waals surface area contributed by atoms with Crippen molar-refractivity contribution < 1.29 is 0 Å². The van der Waals surface area contributed by atoms with E-state index in [4.69, 9.17) is 11.6 Å². The maximum Gasteiger partial charge on any atom is 0.244 e. The Morgan fingerprint density at radius 3 is 2.92 bits per heavy atom. The third kappa shape index (κ3) is 3.14. The second-order valence-corrected chi connectivity index (χ2v) is 3.20. The number of unbranched alkanes of at least 4 members (excludes halogenated alkanes) is 1. The first-order valence-electron chi connectivity index (χ1n) is 4.30. The Bertz CT molecular complexity index is 266. The molecule has 72 valence electrons. The molecule has 0 saturated heterocycles. The van der Waals surface area contributed by atoms with Crippen LogP contribution in [0.25, 0.3) is 0 Å². The Kier molecular flexibility index (Phi) is 3.89. The minimum Gasteiger partial charge on any atom is -0.358 e. The van der Waals surface area contributed by atoms with Crippen molar-refractivity contribution in [2.75, 3.05) is 18.5 Å². The summed E-state index contributed by atoms with van der Waals surface area (Å²) in [5, 5.41) is 7.50. The highest BCUT2D eigenvalue weighted by atomic mass is 35.5. The van der Waals surface area contributed by atoms with Crippen LogP contribution in [0, 0.1) is 0 Å². The lowest BCUT2D eigenvalue weighted by Crippen LogP contribution is -2.19. The van der Waals surface area contributed by atoms with E-state index in [9.17, 15) is 0 Å². The van der Waals surface area contributed by atoms with Crippen molar-refractivity contribution in [3.63, 3.8) is 0 Å². The fourth-order valence-electron chi connectivity index (χ4n) is 0.968. The monoisotopic (exact) mass is 200 g/mol. The van der Waals surface area contributed by atoms with Crippen molar-refractivity contribution in [2.45, 2.75) is 19.8 Å². The minimum absolute atomic E-state index is 0.195. The molecule has 0 amide bonds. The molecule has 1 aromatic heterocycles. The van der Waals surface area contributed by atoms with E-state index in [-0.39, 0.29) is 5.28 Å². The average molecular weight is 201 g/mol. The summed E-state index contributed by atoms with van der Waals surface area (Å²) in [6.45, 7) is 3.12. The van der Waals surface area contributed by atoms with Crippen molar-refractivity contribution in [3.05, 3.63) is 11.5 Å². The third-order valence-corrected chi connectivity index (χ3v) is 1.92. The van der Waals surface area contributed by atoms with Crippen LogP contribution in [0.4, 0.5) is 5.82 Å². The summed E-state index contributed by atoms with van der Waals surface area (Å²) in [5.74, 6) is 0.772. The van der Waals surface area contributed by atoms with E-state index in [2.05, 4.69) is 22.1 Å². The first-order valence-corrected chi connectivity index (χ1v) is 4.68. The van der Waals surface area contributed by atoms with Gasteiger partial charge in [-0.1, -0.05) is 13.3 Å². The molecule has 0 aliphatic carbocycles. The summed E-state index contributed by atoms with van der Waals surface area (Å²) >= 11 is 5.61. The molecule has 4 nitrogen and oxygen atoms in total. The SMILES string of the molecule is CCCCN(C)c1cnnc(Cl)n1. The number of anilines is 1. The zero-order valence-corrected chi connectivity index (χ0v) is 8.62. The van der Waals surface area contributed by atoms with Gasteiger partial charge in [0.05, 0.1) is 6.20 Å². The zero-order chi connectivity index (χ0) is 9.68. The Morgan fingerprint density at radius 2 is 2.31 bits per heavy atom. The molecular weight excluding hydrogens is 188 g/mol. The van der Waals surface area contributed by atoms with Gasteiger partial charge in [-0.15, -0.1) is 5.10 Å². The topological polar surface area (TPSA) is 41.9 Å². The van der Waals surface area contributed by atoms with Crippen molar-refractivity contribution in [1.82, 2.24) is 15.2 Å². The Hall–Kier alpha value is -0.900. The normalized spacial score (nSPS) is 10.1. The van der Waals surface area contributed by atoms with E-state index in [1.165, 1.54) is 0 Å². The van der Waals surface area contributed by atoms with Crippen LogP contribution in [0.15, 0.2) is 6.20 Å². The van der Waals surface area contributed by atoms with Gasteiger partial charge in [0.2, 0.25) is 5.28 Å². The van der Waals surface area contributed by atoms with Crippen LogP contribution in [-0.4, -0.2) is 28.8 Å². The molecule has 0 radical (unpaired) electrons. The van der Waals surface area contributed by atoms with E-state index in [1.54, 1.807) is 6.20 Å². The van der Waals surface area contributed by atoms with Gasteiger partial charge in [0.15, 0.2) is 5.82 Å². The van der Waals surface area contributed by atoms with E-state index < -0.39 is 0 Å². The van der Waals surface area contributed by atoms with Crippen LogP contribution in [0.1, 0.15) is 19.8 Å². The quantitative estimate of drug-likeness (QED) is 0.743. The molecule has 0 aliphatic rings. The second kappa shape index (κ2) is 4.97. The van der Waals surface area contributed by atoms with Crippen LogP contribution in [-0.2, 0) is 0 Å². The number of hydrogen-bond donors (Lipinski definition) is 0. The summed E-state index contributed by atoms with van der Waals surface area (Å²) in [7, 11) is 1.97. The highest BCUT2D eigenvalue weighted by Crippen LogP contribution is 2.09. The summed E-state index contributed by atoms with van der Waals surface area (Å²) < 4.78 is 0. The maximum atomic E-state index is 5.61. The summed E-state index contributed by atoms with van der Waals surface area (Å²) in [6, 6.07) is 0. The molecule has 0 spiro atoms. The van der Waals surface area contributed by atoms with E-state index in [0.29, 0.717) is 0 Å². The smallest absolute Gasteiger partial charge is 0.244 e. The van der Waals surface area contributed by atoms with Gasteiger partial charge in [-0.25, -0.2) is 0 Å². The van der Waals surface area contributed by atoms with E-state index in [0.717, 1.165) is 25.2 Å². The molecule has 0 fully saturated rings. The molecule has 0 N–H and O–H groups in total. The summed E-state index contributed by atoms with van der Waals surface area (Å²) in [4.78, 5) is 6.06. The molecule has 5 heteroatoms. The highest BCUT2D eigenvalue weighted by molar-refractivity contribution is 6.28. The van der Waals surface area contributed by atoms with Gasteiger partial charge < -0.3 is 4.90 Å². The van der Waals surface area contributed by atoms with Crippen molar-refractivity contribution >= 4 is 17.4 Å². The number of nitrogens with zero attached hydrogens (tertiary/aromatic N) is 4. The van der Waals surface area contributed by atoms with Crippen molar-refractivity contribution in [3.8, 4) is 0 Å². The molecule has 1 aromatic rings. The van der Waals surface area contributed by atoms with Crippen molar-refractivity contribution in [2.24, 2.45) is 0 Å². The predicted molar refractivity (Wildman–Crippen MR) is 53.0 cm³/mol. The number of rotatable bonds is 4. The summed E-state index contributed by atoms with van der Waals surface area (Å²) in [5.41, 5.74) is 0. The fraction of sp³-hybridized carbons (Fsp3) is 0.625. The first kappa shape index (κ1) is 10.2. The van der Waals surface area contributed by atoms with Crippen LogP contribution < -0.4 is 4.90 Å². The molecule has 0 saturated carbocycles. The van der Waals surface area contributed by atoms with Gasteiger partial charge in [0.1, 0.15) is 0 Å². The highest BCUT2D eigenvalue weighted by Gasteiger charge is 2.02.